The second kappa shape index (κ2) is 6.12. The smallest absolute Gasteiger partial charge is 0.320 e. The summed E-state index contributed by atoms with van der Waals surface area (Å²) in [6, 6.07) is 4.04. The summed E-state index contributed by atoms with van der Waals surface area (Å²) in [7, 11) is 0. The molecule has 0 bridgehead atoms. The van der Waals surface area contributed by atoms with E-state index in [2.05, 4.69) is 16.8 Å². The first kappa shape index (κ1) is 14.0. The molecule has 0 aliphatic carbocycles. The Morgan fingerprint density at radius 3 is 2.21 bits per heavy atom. The minimum atomic E-state index is -0.740. The third-order valence-electron chi connectivity index (χ3n) is 3.99. The predicted octanol–water partition coefficient (Wildman–Crippen LogP) is 1.23. The molecule has 1 aromatic rings. The molecular formula is C14H21N3O2. The topological polar surface area (TPSA) is 56.7 Å². The molecule has 5 nitrogen and oxygen atoms in total. The molecular weight excluding hydrogens is 242 g/mol. The molecule has 0 spiro atoms. The van der Waals surface area contributed by atoms with Crippen molar-refractivity contribution in [3.63, 3.8) is 0 Å². The first-order chi connectivity index (χ1) is 9.09. The second-order valence-corrected chi connectivity index (χ2v) is 5.04. The van der Waals surface area contributed by atoms with E-state index in [4.69, 9.17) is 5.11 Å². The molecule has 0 aromatic carbocycles. The molecule has 0 radical (unpaired) electrons. The van der Waals surface area contributed by atoms with Gasteiger partial charge in [0.05, 0.1) is 0 Å². The molecule has 1 aromatic heterocycles. The van der Waals surface area contributed by atoms with E-state index < -0.39 is 12.0 Å². The fraction of sp³-hybridized carbons (Fsp3) is 0.571. The standard InChI is InChI=1S/C14H21N3O2/c1-11(13-3-5-15-6-4-13)16-7-9-17(10-8-16)12(2)14(18)19/h3-6,11-12H,7-10H2,1-2H3,(H,18,19). The molecule has 1 N–H and O–H groups in total. The third kappa shape index (κ3) is 3.30. The van der Waals surface area contributed by atoms with Gasteiger partial charge in [-0.15, -0.1) is 0 Å². The lowest BCUT2D eigenvalue weighted by molar-refractivity contribution is -0.143. The SMILES string of the molecule is CC(C(=O)O)N1CCN(C(C)c2ccncc2)CC1. The highest BCUT2D eigenvalue weighted by Crippen LogP contribution is 2.21. The van der Waals surface area contributed by atoms with Crippen molar-refractivity contribution in [1.29, 1.82) is 0 Å². The van der Waals surface area contributed by atoms with Gasteiger partial charge in [0.1, 0.15) is 6.04 Å². The molecule has 5 heteroatoms. The summed E-state index contributed by atoms with van der Waals surface area (Å²) in [6.45, 7) is 7.36. The van der Waals surface area contributed by atoms with Crippen LogP contribution in [0.3, 0.4) is 0 Å². The quantitative estimate of drug-likeness (QED) is 0.885. The van der Waals surface area contributed by atoms with Gasteiger partial charge in [0.2, 0.25) is 0 Å². The van der Waals surface area contributed by atoms with Crippen LogP contribution in [-0.2, 0) is 4.79 Å². The fourth-order valence-corrected chi connectivity index (χ4v) is 2.52. The molecule has 1 saturated heterocycles. The fourth-order valence-electron chi connectivity index (χ4n) is 2.52. The molecule has 0 saturated carbocycles. The van der Waals surface area contributed by atoms with Crippen LogP contribution in [0.1, 0.15) is 25.5 Å². The number of carboxylic acid groups (broad SMARTS) is 1. The van der Waals surface area contributed by atoms with E-state index in [0.29, 0.717) is 6.04 Å². The van der Waals surface area contributed by atoms with Gasteiger partial charge >= 0.3 is 5.97 Å². The molecule has 104 valence electrons. The average Bonchev–Trinajstić information content (AvgIpc) is 2.46. The number of piperazine rings is 1. The zero-order valence-electron chi connectivity index (χ0n) is 11.5. The number of aromatic nitrogens is 1. The van der Waals surface area contributed by atoms with Gasteiger partial charge in [-0.05, 0) is 31.5 Å². The van der Waals surface area contributed by atoms with Crippen LogP contribution < -0.4 is 0 Å². The van der Waals surface area contributed by atoms with Crippen molar-refractivity contribution in [3.8, 4) is 0 Å². The third-order valence-corrected chi connectivity index (χ3v) is 3.99. The van der Waals surface area contributed by atoms with E-state index in [0.717, 1.165) is 26.2 Å². The highest BCUT2D eigenvalue weighted by Gasteiger charge is 2.27. The Hall–Kier alpha value is -1.46. The van der Waals surface area contributed by atoms with Crippen LogP contribution in [0.2, 0.25) is 0 Å². The maximum atomic E-state index is 11.0. The summed E-state index contributed by atoms with van der Waals surface area (Å²) >= 11 is 0. The van der Waals surface area contributed by atoms with Crippen molar-refractivity contribution < 1.29 is 9.90 Å². The van der Waals surface area contributed by atoms with Gasteiger partial charge in [-0.3, -0.25) is 19.6 Å². The Balaban J connectivity index is 1.91. The summed E-state index contributed by atoms with van der Waals surface area (Å²) in [5.41, 5.74) is 1.26. The van der Waals surface area contributed by atoms with Crippen molar-refractivity contribution in [2.75, 3.05) is 26.2 Å². The van der Waals surface area contributed by atoms with Gasteiger partial charge in [0, 0.05) is 44.6 Å². The molecule has 2 atom stereocenters. The largest absolute Gasteiger partial charge is 0.480 e. The molecule has 1 aliphatic rings. The van der Waals surface area contributed by atoms with Crippen LogP contribution in [0.25, 0.3) is 0 Å². The predicted molar refractivity (Wildman–Crippen MR) is 72.9 cm³/mol. The molecule has 1 fully saturated rings. The number of hydrogen-bond donors (Lipinski definition) is 1. The van der Waals surface area contributed by atoms with Crippen LogP contribution in [0.5, 0.6) is 0 Å². The summed E-state index contributed by atoms with van der Waals surface area (Å²) in [5.74, 6) is -0.740. The summed E-state index contributed by atoms with van der Waals surface area (Å²) in [5, 5.41) is 9.03. The molecule has 2 unspecified atom stereocenters. The molecule has 0 amide bonds. The van der Waals surface area contributed by atoms with E-state index in [1.165, 1.54) is 5.56 Å². The van der Waals surface area contributed by atoms with Gasteiger partial charge in [0.25, 0.3) is 0 Å². The Bertz CT molecular complexity index is 416. The Labute approximate surface area is 113 Å². The van der Waals surface area contributed by atoms with Crippen molar-refractivity contribution in [3.05, 3.63) is 30.1 Å². The van der Waals surface area contributed by atoms with Crippen molar-refractivity contribution in [1.82, 2.24) is 14.8 Å². The van der Waals surface area contributed by atoms with E-state index in [1.807, 2.05) is 29.4 Å². The molecule has 19 heavy (non-hydrogen) atoms. The van der Waals surface area contributed by atoms with Gasteiger partial charge in [-0.1, -0.05) is 0 Å². The van der Waals surface area contributed by atoms with Crippen LogP contribution in [0, 0.1) is 0 Å². The highest BCUT2D eigenvalue weighted by atomic mass is 16.4. The van der Waals surface area contributed by atoms with E-state index in [-0.39, 0.29) is 0 Å². The van der Waals surface area contributed by atoms with Gasteiger partial charge in [0.15, 0.2) is 0 Å². The van der Waals surface area contributed by atoms with Gasteiger partial charge in [-0.25, -0.2) is 0 Å². The lowest BCUT2D eigenvalue weighted by Crippen LogP contribution is -2.52. The summed E-state index contributed by atoms with van der Waals surface area (Å²) in [4.78, 5) is 19.4. The maximum Gasteiger partial charge on any atom is 0.320 e. The molecule has 1 aliphatic heterocycles. The zero-order chi connectivity index (χ0) is 13.8. The number of nitrogens with zero attached hydrogens (tertiary/aromatic N) is 3. The van der Waals surface area contributed by atoms with Gasteiger partial charge in [-0.2, -0.15) is 0 Å². The molecule has 2 heterocycles. The average molecular weight is 263 g/mol. The lowest BCUT2D eigenvalue weighted by atomic mass is 10.1. The van der Waals surface area contributed by atoms with Crippen molar-refractivity contribution in [2.45, 2.75) is 25.9 Å². The highest BCUT2D eigenvalue weighted by molar-refractivity contribution is 5.72. The zero-order valence-corrected chi connectivity index (χ0v) is 11.5. The van der Waals surface area contributed by atoms with Crippen LogP contribution in [0.4, 0.5) is 0 Å². The second-order valence-electron chi connectivity index (χ2n) is 5.04. The minimum Gasteiger partial charge on any atom is -0.480 e. The Morgan fingerprint density at radius 1 is 1.16 bits per heavy atom. The maximum absolute atomic E-state index is 11.0. The Kier molecular flexibility index (Phi) is 4.50. The number of rotatable bonds is 4. The van der Waals surface area contributed by atoms with Crippen LogP contribution in [0.15, 0.2) is 24.5 Å². The summed E-state index contributed by atoms with van der Waals surface area (Å²) < 4.78 is 0. The normalized spacial score (nSPS) is 20.9. The van der Waals surface area contributed by atoms with E-state index >= 15 is 0 Å². The van der Waals surface area contributed by atoms with Crippen LogP contribution in [-0.4, -0.2) is 58.1 Å². The lowest BCUT2D eigenvalue weighted by Gasteiger charge is -2.39. The number of pyridine rings is 1. The van der Waals surface area contributed by atoms with Crippen LogP contribution >= 0.6 is 0 Å². The number of hydrogen-bond acceptors (Lipinski definition) is 4. The molecule has 2 rings (SSSR count). The van der Waals surface area contributed by atoms with E-state index in [1.54, 1.807) is 6.92 Å². The van der Waals surface area contributed by atoms with Crippen molar-refractivity contribution in [2.24, 2.45) is 0 Å². The Morgan fingerprint density at radius 2 is 1.68 bits per heavy atom. The monoisotopic (exact) mass is 263 g/mol. The number of aliphatic carboxylic acids is 1. The summed E-state index contributed by atoms with van der Waals surface area (Å²) in [6.07, 6.45) is 3.63. The number of carbonyl (C=O) groups is 1. The van der Waals surface area contributed by atoms with Crippen molar-refractivity contribution >= 4 is 5.97 Å². The first-order valence-corrected chi connectivity index (χ1v) is 6.70. The minimum absolute atomic E-state index is 0.352. The van der Waals surface area contributed by atoms with E-state index in [9.17, 15) is 4.79 Å². The number of carboxylic acids is 1. The van der Waals surface area contributed by atoms with Gasteiger partial charge < -0.3 is 5.11 Å². The first-order valence-electron chi connectivity index (χ1n) is 6.70.